The van der Waals surface area contributed by atoms with Crippen LogP contribution in [0.15, 0.2) is 64.7 Å². The van der Waals surface area contributed by atoms with Gasteiger partial charge < -0.3 is 15.6 Å². The van der Waals surface area contributed by atoms with Gasteiger partial charge >= 0.3 is 0 Å². The first-order chi connectivity index (χ1) is 16.8. The second-order valence-corrected chi connectivity index (χ2v) is 11.0. The van der Waals surface area contributed by atoms with Crippen LogP contribution in [0.4, 0.5) is 11.5 Å². The first kappa shape index (κ1) is 23.2. The molecule has 3 aromatic heterocycles. The van der Waals surface area contributed by atoms with Gasteiger partial charge in [-0.1, -0.05) is 12.1 Å². The highest BCUT2D eigenvalue weighted by molar-refractivity contribution is 7.90. The van der Waals surface area contributed by atoms with E-state index in [0.29, 0.717) is 39.3 Å². The van der Waals surface area contributed by atoms with E-state index in [1.807, 2.05) is 12.1 Å². The quantitative estimate of drug-likeness (QED) is 0.389. The normalized spacial score (nSPS) is 14.8. The second-order valence-electron chi connectivity index (χ2n) is 8.98. The molecule has 1 saturated heterocycles. The number of hydrogen-bond acceptors (Lipinski definition) is 7. The highest BCUT2D eigenvalue weighted by atomic mass is 32.2. The molecule has 1 aliphatic rings. The summed E-state index contributed by atoms with van der Waals surface area (Å²) in [6.45, 7) is 3.81. The molecule has 1 aliphatic heterocycles. The Kier molecular flexibility index (Phi) is 6.12. The first-order valence-corrected chi connectivity index (χ1v) is 13.5. The molecule has 1 aromatic carbocycles. The lowest BCUT2D eigenvalue weighted by Gasteiger charge is -2.23. The summed E-state index contributed by atoms with van der Waals surface area (Å²) in [6.07, 6.45) is 7.94. The molecule has 0 saturated carbocycles. The van der Waals surface area contributed by atoms with Crippen molar-refractivity contribution < 1.29 is 8.42 Å². The molecule has 0 radical (unpaired) electrons. The predicted molar refractivity (Wildman–Crippen MR) is 138 cm³/mol. The van der Waals surface area contributed by atoms with E-state index in [2.05, 4.69) is 32.7 Å². The Morgan fingerprint density at radius 1 is 1.06 bits per heavy atom. The summed E-state index contributed by atoms with van der Waals surface area (Å²) >= 11 is 0. The number of piperidine rings is 1. The van der Waals surface area contributed by atoms with Crippen molar-refractivity contribution in [3.8, 4) is 11.3 Å². The summed E-state index contributed by atoms with van der Waals surface area (Å²) < 4.78 is 24.4. The maximum Gasteiger partial charge on any atom is 0.259 e. The number of sulfone groups is 1. The molecule has 35 heavy (non-hydrogen) atoms. The van der Waals surface area contributed by atoms with Gasteiger partial charge in [-0.25, -0.2) is 13.4 Å². The second kappa shape index (κ2) is 9.24. The van der Waals surface area contributed by atoms with Gasteiger partial charge in [-0.3, -0.25) is 9.78 Å². The zero-order chi connectivity index (χ0) is 24.6. The SMILES string of the molecule is Cc1c(-c2cc3cc[nH]c(=O)c3c(Nc3ccc(C4CCNCC4)cc3)n2)cncc1S(C)(=O)=O. The summed E-state index contributed by atoms with van der Waals surface area (Å²) in [5.41, 5.74) is 3.57. The average Bonchev–Trinajstić information content (AvgIpc) is 2.84. The van der Waals surface area contributed by atoms with Crippen molar-refractivity contribution >= 4 is 32.1 Å². The van der Waals surface area contributed by atoms with E-state index < -0.39 is 9.84 Å². The van der Waals surface area contributed by atoms with E-state index in [1.165, 1.54) is 11.8 Å². The topological polar surface area (TPSA) is 117 Å². The zero-order valence-electron chi connectivity index (χ0n) is 19.6. The van der Waals surface area contributed by atoms with Crippen LogP contribution < -0.4 is 16.2 Å². The molecule has 3 N–H and O–H groups in total. The molecule has 0 spiro atoms. The van der Waals surface area contributed by atoms with Crippen LogP contribution in [0, 0.1) is 6.92 Å². The minimum Gasteiger partial charge on any atom is -0.340 e. The maximum atomic E-state index is 12.7. The molecule has 4 aromatic rings. The third-order valence-electron chi connectivity index (χ3n) is 6.58. The van der Waals surface area contributed by atoms with E-state index in [4.69, 9.17) is 4.98 Å². The Bertz CT molecular complexity index is 1560. The van der Waals surface area contributed by atoms with Gasteiger partial charge in [0.25, 0.3) is 5.56 Å². The van der Waals surface area contributed by atoms with Crippen molar-refractivity contribution in [2.75, 3.05) is 24.7 Å². The lowest BCUT2D eigenvalue weighted by molar-refractivity contribution is 0.460. The largest absolute Gasteiger partial charge is 0.340 e. The molecule has 8 nitrogen and oxygen atoms in total. The fraction of sp³-hybridized carbons (Fsp3) is 0.269. The predicted octanol–water partition coefficient (Wildman–Crippen LogP) is 3.91. The van der Waals surface area contributed by atoms with Gasteiger partial charge in [-0.05, 0) is 79.6 Å². The fourth-order valence-corrected chi connectivity index (χ4v) is 5.63. The average molecular weight is 490 g/mol. The summed E-state index contributed by atoms with van der Waals surface area (Å²) in [7, 11) is -3.45. The van der Waals surface area contributed by atoms with Crippen molar-refractivity contribution in [2.45, 2.75) is 30.6 Å². The van der Waals surface area contributed by atoms with Crippen LogP contribution in [0.2, 0.25) is 0 Å². The van der Waals surface area contributed by atoms with E-state index in [1.54, 1.807) is 31.5 Å². The summed E-state index contributed by atoms with van der Waals surface area (Å²) in [5, 5.41) is 7.83. The van der Waals surface area contributed by atoms with Gasteiger partial charge in [0, 0.05) is 36.1 Å². The lowest BCUT2D eigenvalue weighted by Crippen LogP contribution is -2.26. The Morgan fingerprint density at radius 2 is 1.80 bits per heavy atom. The molecular formula is C26H27N5O3S. The number of anilines is 2. The van der Waals surface area contributed by atoms with Crippen LogP contribution in [0.3, 0.4) is 0 Å². The summed E-state index contributed by atoms with van der Waals surface area (Å²) in [6, 6.07) is 11.8. The number of H-pyrrole nitrogens is 1. The zero-order valence-corrected chi connectivity index (χ0v) is 20.4. The highest BCUT2D eigenvalue weighted by Gasteiger charge is 2.19. The first-order valence-electron chi connectivity index (χ1n) is 11.6. The number of pyridine rings is 3. The van der Waals surface area contributed by atoms with Crippen molar-refractivity contribution in [3.05, 3.63) is 76.5 Å². The molecule has 0 bridgehead atoms. The maximum absolute atomic E-state index is 12.7. The Labute approximate surface area is 203 Å². The van der Waals surface area contributed by atoms with Crippen molar-refractivity contribution in [2.24, 2.45) is 0 Å². The van der Waals surface area contributed by atoms with E-state index in [0.717, 1.165) is 37.9 Å². The molecule has 5 rings (SSSR count). The van der Waals surface area contributed by atoms with Crippen LogP contribution in [-0.2, 0) is 9.84 Å². The molecular weight excluding hydrogens is 462 g/mol. The molecule has 4 heterocycles. The van der Waals surface area contributed by atoms with Crippen molar-refractivity contribution in [1.29, 1.82) is 0 Å². The molecule has 0 aliphatic carbocycles. The number of hydrogen-bond donors (Lipinski definition) is 3. The molecule has 0 amide bonds. The van der Waals surface area contributed by atoms with Gasteiger partial charge in [0.1, 0.15) is 5.82 Å². The highest BCUT2D eigenvalue weighted by Crippen LogP contribution is 2.32. The van der Waals surface area contributed by atoms with E-state index in [9.17, 15) is 13.2 Å². The number of nitrogens with zero attached hydrogens (tertiary/aromatic N) is 2. The summed E-state index contributed by atoms with van der Waals surface area (Å²) in [5.74, 6) is 0.950. The van der Waals surface area contributed by atoms with E-state index in [-0.39, 0.29) is 10.5 Å². The van der Waals surface area contributed by atoms with Crippen LogP contribution >= 0.6 is 0 Å². The number of rotatable bonds is 5. The molecule has 9 heteroatoms. The van der Waals surface area contributed by atoms with Gasteiger partial charge in [0.2, 0.25) is 0 Å². The Morgan fingerprint density at radius 3 is 2.51 bits per heavy atom. The molecule has 180 valence electrons. The van der Waals surface area contributed by atoms with Crippen LogP contribution in [0.25, 0.3) is 22.0 Å². The monoisotopic (exact) mass is 489 g/mol. The smallest absolute Gasteiger partial charge is 0.259 e. The number of fused-ring (bicyclic) bond motifs is 1. The molecule has 1 fully saturated rings. The molecule has 0 atom stereocenters. The Balaban J connectivity index is 1.58. The number of benzene rings is 1. The lowest BCUT2D eigenvalue weighted by atomic mass is 9.90. The van der Waals surface area contributed by atoms with Gasteiger partial charge in [-0.2, -0.15) is 0 Å². The minimum atomic E-state index is -3.45. The van der Waals surface area contributed by atoms with Crippen LogP contribution in [0.5, 0.6) is 0 Å². The van der Waals surface area contributed by atoms with Crippen LogP contribution in [0.1, 0.15) is 29.9 Å². The molecule has 0 unspecified atom stereocenters. The standard InChI is InChI=1S/C26H27N5O3S/c1-16-21(14-28-15-23(16)35(2,33)34)22-13-19-9-12-29-26(32)24(19)25(31-22)30-20-5-3-17(4-6-20)18-7-10-27-11-8-18/h3-6,9,12-15,18,27H,7-8,10-11H2,1-2H3,(H,29,32)(H,30,31). The van der Waals surface area contributed by atoms with Crippen molar-refractivity contribution in [1.82, 2.24) is 20.3 Å². The van der Waals surface area contributed by atoms with Gasteiger partial charge in [0.05, 0.1) is 16.0 Å². The Hall–Kier alpha value is -3.56. The van der Waals surface area contributed by atoms with Gasteiger partial charge in [0.15, 0.2) is 9.84 Å². The number of aromatic amines is 1. The van der Waals surface area contributed by atoms with Gasteiger partial charge in [-0.15, -0.1) is 0 Å². The summed E-state index contributed by atoms with van der Waals surface area (Å²) in [4.78, 5) is 24.5. The van der Waals surface area contributed by atoms with E-state index >= 15 is 0 Å². The fourth-order valence-electron chi connectivity index (χ4n) is 4.71. The minimum absolute atomic E-state index is 0.158. The van der Waals surface area contributed by atoms with Crippen molar-refractivity contribution in [3.63, 3.8) is 0 Å². The number of nitrogens with one attached hydrogen (secondary N) is 3. The van der Waals surface area contributed by atoms with Crippen LogP contribution in [-0.4, -0.2) is 42.7 Å². The third kappa shape index (κ3) is 4.69. The number of aromatic nitrogens is 3. The third-order valence-corrected chi connectivity index (χ3v) is 7.79.